The number of anilines is 1. The van der Waals surface area contributed by atoms with E-state index in [4.69, 9.17) is 4.74 Å². The maximum atomic E-state index is 12.2. The molecule has 0 saturated carbocycles. The van der Waals surface area contributed by atoms with Gasteiger partial charge in [-0.2, -0.15) is 0 Å². The summed E-state index contributed by atoms with van der Waals surface area (Å²) in [5.74, 6) is 0.851. The highest BCUT2D eigenvalue weighted by Gasteiger charge is 2.12. The summed E-state index contributed by atoms with van der Waals surface area (Å²) in [7, 11) is 1.99. The Kier molecular flexibility index (Phi) is 6.82. The highest BCUT2D eigenvalue weighted by atomic mass is 79.9. The van der Waals surface area contributed by atoms with E-state index in [0.717, 1.165) is 38.5 Å². The molecular formula is C19H24BrN2O2+. The van der Waals surface area contributed by atoms with Crippen LogP contribution in [0.1, 0.15) is 11.1 Å². The molecule has 0 heterocycles. The van der Waals surface area contributed by atoms with Crippen LogP contribution in [0.25, 0.3) is 0 Å². The fourth-order valence-corrected chi connectivity index (χ4v) is 2.84. The zero-order valence-corrected chi connectivity index (χ0v) is 15.9. The SMILES string of the molecule is Cc1cccc(C)c1NC(=O)C[NH+](C)CCOc1cccc(Br)c1. The molecule has 0 aliphatic rings. The predicted molar refractivity (Wildman–Crippen MR) is 101 cm³/mol. The van der Waals surface area contributed by atoms with Gasteiger partial charge in [0, 0.05) is 10.2 Å². The van der Waals surface area contributed by atoms with Crippen molar-refractivity contribution in [2.24, 2.45) is 0 Å². The minimum Gasteiger partial charge on any atom is -0.488 e. The van der Waals surface area contributed by atoms with Crippen molar-refractivity contribution in [3.63, 3.8) is 0 Å². The summed E-state index contributed by atoms with van der Waals surface area (Å²) in [5, 5.41) is 3.02. The van der Waals surface area contributed by atoms with E-state index in [2.05, 4.69) is 21.2 Å². The van der Waals surface area contributed by atoms with Gasteiger partial charge in [-0.1, -0.05) is 40.2 Å². The molecule has 0 spiro atoms. The molecule has 2 aromatic carbocycles. The predicted octanol–water partition coefficient (Wildman–Crippen LogP) is 2.60. The number of likely N-dealkylation sites (N-methyl/N-ethyl adjacent to an activating group) is 1. The van der Waals surface area contributed by atoms with Gasteiger partial charge in [0.25, 0.3) is 5.91 Å². The number of benzene rings is 2. The Morgan fingerprint density at radius 3 is 2.50 bits per heavy atom. The molecule has 1 amide bonds. The van der Waals surface area contributed by atoms with Crippen LogP contribution in [0.2, 0.25) is 0 Å². The molecule has 2 aromatic rings. The molecule has 0 aromatic heterocycles. The molecule has 0 saturated heterocycles. The number of hydrogen-bond acceptors (Lipinski definition) is 2. The molecule has 24 heavy (non-hydrogen) atoms. The molecule has 0 bridgehead atoms. The number of hydrogen-bond donors (Lipinski definition) is 2. The monoisotopic (exact) mass is 391 g/mol. The molecule has 1 unspecified atom stereocenters. The molecule has 2 rings (SSSR count). The van der Waals surface area contributed by atoms with Gasteiger partial charge >= 0.3 is 0 Å². The van der Waals surface area contributed by atoms with Gasteiger partial charge in [0.05, 0.1) is 7.05 Å². The van der Waals surface area contributed by atoms with Crippen LogP contribution in [0.5, 0.6) is 5.75 Å². The first-order chi connectivity index (χ1) is 11.5. The highest BCUT2D eigenvalue weighted by Crippen LogP contribution is 2.19. The minimum atomic E-state index is 0.0207. The third-order valence-corrected chi connectivity index (χ3v) is 4.29. The number of quaternary nitrogens is 1. The van der Waals surface area contributed by atoms with Crippen LogP contribution >= 0.6 is 15.9 Å². The van der Waals surface area contributed by atoms with Crippen LogP contribution in [-0.2, 0) is 4.79 Å². The van der Waals surface area contributed by atoms with Crippen LogP contribution in [0, 0.1) is 13.8 Å². The second kappa shape index (κ2) is 8.85. The van der Waals surface area contributed by atoms with Gasteiger partial charge in [-0.3, -0.25) is 4.79 Å². The lowest BCUT2D eigenvalue weighted by Gasteiger charge is -2.16. The van der Waals surface area contributed by atoms with Crippen molar-refractivity contribution in [3.05, 3.63) is 58.1 Å². The average molecular weight is 392 g/mol. The molecule has 4 nitrogen and oxygen atoms in total. The van der Waals surface area contributed by atoms with Crippen LogP contribution in [0.3, 0.4) is 0 Å². The third kappa shape index (κ3) is 5.65. The van der Waals surface area contributed by atoms with Crippen LogP contribution in [-0.4, -0.2) is 32.7 Å². The zero-order valence-electron chi connectivity index (χ0n) is 14.4. The van der Waals surface area contributed by atoms with Gasteiger partial charge in [-0.05, 0) is 43.2 Å². The van der Waals surface area contributed by atoms with E-state index >= 15 is 0 Å². The first-order valence-electron chi connectivity index (χ1n) is 8.01. The third-order valence-electron chi connectivity index (χ3n) is 3.80. The largest absolute Gasteiger partial charge is 0.488 e. The number of para-hydroxylation sites is 1. The standard InChI is InChI=1S/C19H23BrN2O2/c1-14-6-4-7-15(2)19(14)21-18(23)13-22(3)10-11-24-17-9-5-8-16(20)12-17/h4-9,12H,10-11,13H2,1-3H3,(H,21,23)/p+1. The second-order valence-corrected chi connectivity index (χ2v) is 6.92. The van der Waals surface area contributed by atoms with Gasteiger partial charge in [-0.15, -0.1) is 0 Å². The normalized spacial score (nSPS) is 11.8. The first kappa shape index (κ1) is 18.5. The van der Waals surface area contributed by atoms with E-state index < -0.39 is 0 Å². The molecule has 0 fully saturated rings. The van der Waals surface area contributed by atoms with Crippen molar-refractivity contribution in [3.8, 4) is 5.75 Å². The fraction of sp³-hybridized carbons (Fsp3) is 0.316. The lowest BCUT2D eigenvalue weighted by Crippen LogP contribution is -3.10. The van der Waals surface area contributed by atoms with E-state index in [1.165, 1.54) is 0 Å². The summed E-state index contributed by atoms with van der Waals surface area (Å²) < 4.78 is 6.71. The number of carbonyl (C=O) groups excluding carboxylic acids is 1. The van der Waals surface area contributed by atoms with Crippen molar-refractivity contribution in [2.45, 2.75) is 13.8 Å². The Hall–Kier alpha value is -1.85. The smallest absolute Gasteiger partial charge is 0.279 e. The van der Waals surface area contributed by atoms with Crippen molar-refractivity contribution < 1.29 is 14.4 Å². The van der Waals surface area contributed by atoms with Gasteiger partial charge in [0.2, 0.25) is 0 Å². The van der Waals surface area contributed by atoms with Crippen molar-refractivity contribution in [1.29, 1.82) is 0 Å². The lowest BCUT2D eigenvalue weighted by atomic mass is 10.1. The summed E-state index contributed by atoms with van der Waals surface area (Å²) in [6.07, 6.45) is 0. The van der Waals surface area contributed by atoms with Gasteiger partial charge in [0.1, 0.15) is 18.9 Å². The van der Waals surface area contributed by atoms with Crippen molar-refractivity contribution in [1.82, 2.24) is 0 Å². The van der Waals surface area contributed by atoms with Gasteiger partial charge in [0.15, 0.2) is 6.54 Å². The Morgan fingerprint density at radius 2 is 1.83 bits per heavy atom. The molecule has 5 heteroatoms. The Balaban J connectivity index is 1.77. The van der Waals surface area contributed by atoms with E-state index in [9.17, 15) is 4.79 Å². The second-order valence-electron chi connectivity index (χ2n) is 6.00. The maximum Gasteiger partial charge on any atom is 0.279 e. The molecule has 0 aliphatic heterocycles. The van der Waals surface area contributed by atoms with Gasteiger partial charge < -0.3 is 15.0 Å². The number of rotatable bonds is 7. The number of nitrogens with one attached hydrogen (secondary N) is 2. The highest BCUT2D eigenvalue weighted by molar-refractivity contribution is 9.10. The molecular weight excluding hydrogens is 368 g/mol. The molecule has 128 valence electrons. The molecule has 2 N–H and O–H groups in total. The molecule has 1 atom stereocenters. The molecule has 0 radical (unpaired) electrons. The van der Waals surface area contributed by atoms with Crippen molar-refractivity contribution >= 4 is 27.5 Å². The quantitative estimate of drug-likeness (QED) is 0.761. The van der Waals surface area contributed by atoms with E-state index in [-0.39, 0.29) is 5.91 Å². The first-order valence-corrected chi connectivity index (χ1v) is 8.80. The van der Waals surface area contributed by atoms with Crippen LogP contribution in [0.15, 0.2) is 46.9 Å². The van der Waals surface area contributed by atoms with Crippen LogP contribution < -0.4 is 15.0 Å². The zero-order chi connectivity index (χ0) is 17.5. The summed E-state index contributed by atoms with van der Waals surface area (Å²) in [6.45, 7) is 5.75. The number of amides is 1. The topological polar surface area (TPSA) is 42.8 Å². The summed E-state index contributed by atoms with van der Waals surface area (Å²) >= 11 is 3.42. The van der Waals surface area contributed by atoms with E-state index in [0.29, 0.717) is 13.2 Å². The summed E-state index contributed by atoms with van der Waals surface area (Å²) in [5.41, 5.74) is 3.08. The minimum absolute atomic E-state index is 0.0207. The fourth-order valence-electron chi connectivity index (χ4n) is 2.46. The summed E-state index contributed by atoms with van der Waals surface area (Å²) in [6, 6.07) is 13.8. The Labute approximate surface area is 151 Å². The number of carbonyl (C=O) groups is 1. The molecule has 0 aliphatic carbocycles. The Bertz CT molecular complexity index is 683. The summed E-state index contributed by atoms with van der Waals surface area (Å²) in [4.78, 5) is 13.3. The number of aryl methyl sites for hydroxylation is 2. The Morgan fingerprint density at radius 1 is 1.17 bits per heavy atom. The average Bonchev–Trinajstić information content (AvgIpc) is 2.51. The van der Waals surface area contributed by atoms with Crippen molar-refractivity contribution in [2.75, 3.05) is 32.1 Å². The van der Waals surface area contributed by atoms with E-state index in [1.807, 2.05) is 63.4 Å². The van der Waals surface area contributed by atoms with Crippen LogP contribution in [0.4, 0.5) is 5.69 Å². The maximum absolute atomic E-state index is 12.2. The lowest BCUT2D eigenvalue weighted by molar-refractivity contribution is -0.871. The number of halogens is 1. The van der Waals surface area contributed by atoms with E-state index in [1.54, 1.807) is 0 Å². The number of ether oxygens (including phenoxy) is 1. The van der Waals surface area contributed by atoms with Gasteiger partial charge in [-0.25, -0.2) is 0 Å².